The summed E-state index contributed by atoms with van der Waals surface area (Å²) in [6.45, 7) is 4.30. The van der Waals surface area contributed by atoms with Crippen LogP contribution in [0.5, 0.6) is 11.6 Å². The third-order valence-corrected chi connectivity index (χ3v) is 2.86. The van der Waals surface area contributed by atoms with Crippen LogP contribution in [0.3, 0.4) is 0 Å². The Morgan fingerprint density at radius 2 is 1.84 bits per heavy atom. The van der Waals surface area contributed by atoms with Gasteiger partial charge in [0.2, 0.25) is 5.88 Å². The average Bonchev–Trinajstić information content (AvgIpc) is 2.40. The molecule has 0 spiro atoms. The van der Waals surface area contributed by atoms with E-state index in [0.29, 0.717) is 17.5 Å². The molecule has 0 radical (unpaired) electrons. The summed E-state index contributed by atoms with van der Waals surface area (Å²) >= 11 is 4.81. The summed E-state index contributed by atoms with van der Waals surface area (Å²) in [6, 6.07) is 7.91. The van der Waals surface area contributed by atoms with Gasteiger partial charge in [-0.2, -0.15) is 0 Å². The quantitative estimate of drug-likeness (QED) is 0.868. The summed E-state index contributed by atoms with van der Waals surface area (Å²) in [5.41, 5.74) is 7.20. The molecule has 2 aromatic rings. The van der Waals surface area contributed by atoms with E-state index < -0.39 is 0 Å². The van der Waals surface area contributed by atoms with Gasteiger partial charge in [-0.3, -0.25) is 0 Å². The summed E-state index contributed by atoms with van der Waals surface area (Å²) in [5.74, 6) is 1.64. The predicted octanol–water partition coefficient (Wildman–Crippen LogP) is 3.03. The number of ether oxygens (including phenoxy) is 1. The predicted molar refractivity (Wildman–Crippen MR) is 78.5 cm³/mol. The van der Waals surface area contributed by atoms with Crippen LogP contribution in [0.2, 0.25) is 0 Å². The Hall–Kier alpha value is -2.01. The zero-order valence-corrected chi connectivity index (χ0v) is 11.6. The first-order chi connectivity index (χ1) is 9.06. The molecule has 0 amide bonds. The van der Waals surface area contributed by atoms with E-state index in [9.17, 15) is 0 Å². The molecule has 4 nitrogen and oxygen atoms in total. The number of hydrogen-bond donors (Lipinski definition) is 1. The van der Waals surface area contributed by atoms with E-state index in [2.05, 4.69) is 23.8 Å². The maximum Gasteiger partial charge on any atom is 0.237 e. The topological polar surface area (TPSA) is 61.0 Å². The van der Waals surface area contributed by atoms with Gasteiger partial charge in [0.25, 0.3) is 0 Å². The van der Waals surface area contributed by atoms with E-state index in [-0.39, 0.29) is 4.99 Å². The third kappa shape index (κ3) is 3.48. The molecule has 98 valence electrons. The minimum absolute atomic E-state index is 0.223. The molecule has 5 heteroatoms. The fraction of sp³-hybridized carbons (Fsp3) is 0.214. The van der Waals surface area contributed by atoms with Crippen LogP contribution in [0.1, 0.15) is 31.0 Å². The van der Waals surface area contributed by atoms with E-state index >= 15 is 0 Å². The van der Waals surface area contributed by atoms with E-state index in [1.54, 1.807) is 0 Å². The lowest BCUT2D eigenvalue weighted by Crippen LogP contribution is -2.11. The van der Waals surface area contributed by atoms with E-state index in [0.717, 1.165) is 5.75 Å². The van der Waals surface area contributed by atoms with Crippen LogP contribution in [0, 0.1) is 0 Å². The Morgan fingerprint density at radius 1 is 1.16 bits per heavy atom. The van der Waals surface area contributed by atoms with Crippen LogP contribution < -0.4 is 10.5 Å². The van der Waals surface area contributed by atoms with E-state index in [1.807, 2.05) is 24.3 Å². The van der Waals surface area contributed by atoms with Gasteiger partial charge in [0.15, 0.2) is 0 Å². The smallest absolute Gasteiger partial charge is 0.237 e. The van der Waals surface area contributed by atoms with Gasteiger partial charge in [-0.1, -0.05) is 38.2 Å². The monoisotopic (exact) mass is 273 g/mol. The summed E-state index contributed by atoms with van der Waals surface area (Å²) < 4.78 is 5.59. The highest BCUT2D eigenvalue weighted by Crippen LogP contribution is 2.22. The summed E-state index contributed by atoms with van der Waals surface area (Å²) in [5, 5.41) is 0. The number of nitrogens with two attached hydrogens (primary N) is 1. The van der Waals surface area contributed by atoms with E-state index in [1.165, 1.54) is 18.0 Å². The molecule has 0 unspecified atom stereocenters. The summed E-state index contributed by atoms with van der Waals surface area (Å²) in [4.78, 5) is 8.39. The van der Waals surface area contributed by atoms with Crippen LogP contribution >= 0.6 is 12.2 Å². The van der Waals surface area contributed by atoms with Crippen molar-refractivity contribution in [3.8, 4) is 11.6 Å². The molecule has 0 bridgehead atoms. The summed E-state index contributed by atoms with van der Waals surface area (Å²) in [6.07, 6.45) is 3.00. The minimum Gasteiger partial charge on any atom is -0.438 e. The van der Waals surface area contributed by atoms with Crippen LogP contribution in [0.4, 0.5) is 0 Å². The molecule has 0 atom stereocenters. The van der Waals surface area contributed by atoms with Crippen molar-refractivity contribution in [3.63, 3.8) is 0 Å². The van der Waals surface area contributed by atoms with Gasteiger partial charge in [-0.15, -0.1) is 0 Å². The minimum atomic E-state index is 0.223. The first kappa shape index (κ1) is 13.4. The van der Waals surface area contributed by atoms with Gasteiger partial charge < -0.3 is 10.5 Å². The van der Waals surface area contributed by atoms with Gasteiger partial charge in [-0.05, 0) is 23.6 Å². The van der Waals surface area contributed by atoms with Crippen molar-refractivity contribution in [1.82, 2.24) is 9.97 Å². The largest absolute Gasteiger partial charge is 0.438 e. The van der Waals surface area contributed by atoms with Crippen LogP contribution in [0.25, 0.3) is 0 Å². The van der Waals surface area contributed by atoms with Gasteiger partial charge in [0.1, 0.15) is 16.4 Å². The Balaban J connectivity index is 2.10. The maximum atomic E-state index is 5.59. The normalized spacial score (nSPS) is 10.5. The molecule has 1 heterocycles. The number of nitrogens with zero attached hydrogens (tertiary/aromatic N) is 2. The van der Waals surface area contributed by atoms with Crippen molar-refractivity contribution in [1.29, 1.82) is 0 Å². The van der Waals surface area contributed by atoms with Gasteiger partial charge in [-0.25, -0.2) is 9.97 Å². The van der Waals surface area contributed by atoms with Crippen molar-refractivity contribution in [3.05, 3.63) is 47.9 Å². The molecule has 0 aliphatic carbocycles. The first-order valence-electron chi connectivity index (χ1n) is 5.96. The Labute approximate surface area is 117 Å². The van der Waals surface area contributed by atoms with Crippen molar-refractivity contribution < 1.29 is 4.74 Å². The van der Waals surface area contributed by atoms with Crippen molar-refractivity contribution in [2.45, 2.75) is 19.8 Å². The lowest BCUT2D eigenvalue weighted by molar-refractivity contribution is 0.459. The second kappa shape index (κ2) is 5.75. The van der Waals surface area contributed by atoms with Crippen molar-refractivity contribution in [2.24, 2.45) is 5.73 Å². The lowest BCUT2D eigenvalue weighted by Gasteiger charge is -2.08. The number of hydrogen-bond acceptors (Lipinski definition) is 4. The highest BCUT2D eigenvalue weighted by Gasteiger charge is 2.03. The SMILES string of the molecule is CC(C)c1ccc(Oc2cnc(C(N)=S)cn2)cc1. The summed E-state index contributed by atoms with van der Waals surface area (Å²) in [7, 11) is 0. The second-order valence-corrected chi connectivity index (χ2v) is 4.87. The zero-order chi connectivity index (χ0) is 13.8. The number of aromatic nitrogens is 2. The molecular weight excluding hydrogens is 258 g/mol. The number of benzene rings is 1. The zero-order valence-electron chi connectivity index (χ0n) is 10.8. The van der Waals surface area contributed by atoms with Crippen LogP contribution in [-0.2, 0) is 0 Å². The van der Waals surface area contributed by atoms with Crippen molar-refractivity contribution >= 4 is 17.2 Å². The molecule has 2 N–H and O–H groups in total. The van der Waals surface area contributed by atoms with Crippen LogP contribution in [-0.4, -0.2) is 15.0 Å². The van der Waals surface area contributed by atoms with Crippen LogP contribution in [0.15, 0.2) is 36.7 Å². The molecule has 2 rings (SSSR count). The molecular formula is C14H15N3OS. The fourth-order valence-corrected chi connectivity index (χ4v) is 1.64. The molecule has 19 heavy (non-hydrogen) atoms. The Morgan fingerprint density at radius 3 is 2.32 bits per heavy atom. The average molecular weight is 273 g/mol. The molecule has 0 fully saturated rings. The van der Waals surface area contributed by atoms with Gasteiger partial charge >= 0.3 is 0 Å². The second-order valence-electron chi connectivity index (χ2n) is 4.43. The first-order valence-corrected chi connectivity index (χ1v) is 6.37. The maximum absolute atomic E-state index is 5.59. The fourth-order valence-electron chi connectivity index (χ4n) is 1.54. The number of thiocarbonyl (C=S) groups is 1. The Kier molecular flexibility index (Phi) is 4.06. The Bertz CT molecular complexity index is 564. The van der Waals surface area contributed by atoms with Crippen molar-refractivity contribution in [2.75, 3.05) is 0 Å². The molecule has 0 saturated carbocycles. The highest BCUT2D eigenvalue weighted by molar-refractivity contribution is 7.80. The third-order valence-electron chi connectivity index (χ3n) is 2.65. The van der Waals surface area contributed by atoms with E-state index in [4.69, 9.17) is 22.7 Å². The number of rotatable bonds is 4. The molecule has 0 saturated heterocycles. The molecule has 1 aromatic heterocycles. The molecule has 0 aliphatic heterocycles. The standard InChI is InChI=1S/C14H15N3OS/c1-9(2)10-3-5-11(6-4-10)18-13-8-16-12(7-17-13)14(15)19/h3-9H,1-2H3,(H2,15,19). The van der Waals surface area contributed by atoms with Gasteiger partial charge in [0, 0.05) is 0 Å². The molecule has 0 aliphatic rings. The molecule has 1 aromatic carbocycles. The highest BCUT2D eigenvalue weighted by atomic mass is 32.1. The van der Waals surface area contributed by atoms with Gasteiger partial charge in [0.05, 0.1) is 12.4 Å². The lowest BCUT2D eigenvalue weighted by atomic mass is 10.0.